The minimum Gasteiger partial charge on any atom is -0.458 e. The first-order valence-electron chi connectivity index (χ1n) is 8.63. The zero-order valence-electron chi connectivity index (χ0n) is 14.6. The Balaban J connectivity index is 1.78. The second kappa shape index (κ2) is 4.79. The van der Waals surface area contributed by atoms with Gasteiger partial charge in [0.1, 0.15) is 11.7 Å². The van der Waals surface area contributed by atoms with Crippen molar-refractivity contribution in [3.8, 4) is 0 Å². The van der Waals surface area contributed by atoms with Gasteiger partial charge < -0.3 is 14.2 Å². The Bertz CT molecular complexity index is 673. The Morgan fingerprint density at radius 2 is 2.12 bits per heavy atom. The van der Waals surface area contributed by atoms with Crippen LogP contribution in [0.3, 0.4) is 0 Å². The molecule has 2 heterocycles. The van der Waals surface area contributed by atoms with Crippen molar-refractivity contribution >= 4 is 11.8 Å². The van der Waals surface area contributed by atoms with Gasteiger partial charge in [-0.2, -0.15) is 0 Å². The van der Waals surface area contributed by atoms with Crippen molar-refractivity contribution in [3.05, 3.63) is 23.8 Å². The van der Waals surface area contributed by atoms with Gasteiger partial charge >= 0.3 is 5.97 Å². The van der Waals surface area contributed by atoms with Gasteiger partial charge in [-0.25, -0.2) is 4.79 Å². The summed E-state index contributed by atoms with van der Waals surface area (Å²) in [7, 11) is 0. The van der Waals surface area contributed by atoms with Crippen LogP contribution >= 0.6 is 0 Å². The van der Waals surface area contributed by atoms with E-state index < -0.39 is 16.4 Å². The second-order valence-corrected chi connectivity index (χ2v) is 7.95. The highest BCUT2D eigenvalue weighted by Gasteiger charge is 2.82. The van der Waals surface area contributed by atoms with Crippen molar-refractivity contribution in [2.75, 3.05) is 6.61 Å². The third-order valence-electron chi connectivity index (χ3n) is 6.98. The molecule has 2 saturated heterocycles. The van der Waals surface area contributed by atoms with Crippen molar-refractivity contribution in [2.24, 2.45) is 10.8 Å². The number of carbonyl (C=O) groups is 2. The summed E-state index contributed by atoms with van der Waals surface area (Å²) in [5.74, 6) is -0.209. The average molecular weight is 332 g/mol. The lowest BCUT2D eigenvalue weighted by atomic mass is 9.52. The normalized spacial score (nSPS) is 49.2. The Labute approximate surface area is 142 Å². The minimum atomic E-state index is -0.450. The summed E-state index contributed by atoms with van der Waals surface area (Å²) in [6.45, 7) is 8.43. The van der Waals surface area contributed by atoms with Crippen molar-refractivity contribution in [3.63, 3.8) is 0 Å². The number of esters is 1. The number of ketones is 1. The van der Waals surface area contributed by atoms with Crippen LogP contribution in [0.15, 0.2) is 23.8 Å². The number of ether oxygens (including phenoxy) is 3. The van der Waals surface area contributed by atoms with Gasteiger partial charge in [0.2, 0.25) is 0 Å². The monoisotopic (exact) mass is 332 g/mol. The predicted molar refractivity (Wildman–Crippen MR) is 86.3 cm³/mol. The number of epoxide rings is 1. The molecule has 2 bridgehead atoms. The van der Waals surface area contributed by atoms with E-state index in [0.29, 0.717) is 19.4 Å². The maximum absolute atomic E-state index is 12.5. The number of hydrogen-bond donors (Lipinski definition) is 0. The second-order valence-electron chi connectivity index (χ2n) is 7.95. The van der Waals surface area contributed by atoms with Crippen LogP contribution in [-0.2, 0) is 23.8 Å². The van der Waals surface area contributed by atoms with E-state index in [1.165, 1.54) is 6.08 Å². The lowest BCUT2D eigenvalue weighted by Gasteiger charge is -2.56. The fraction of sp³-hybridized carbons (Fsp3) is 0.684. The Morgan fingerprint density at radius 3 is 2.75 bits per heavy atom. The summed E-state index contributed by atoms with van der Waals surface area (Å²) in [5, 5.41) is 0. The molecule has 3 fully saturated rings. The molecule has 5 heteroatoms. The molecule has 6 atom stereocenters. The molecule has 0 aromatic carbocycles. The van der Waals surface area contributed by atoms with Gasteiger partial charge in [0, 0.05) is 29.7 Å². The van der Waals surface area contributed by atoms with Crippen LogP contribution in [0.1, 0.15) is 40.5 Å². The fourth-order valence-electron chi connectivity index (χ4n) is 5.21. The van der Waals surface area contributed by atoms with Crippen molar-refractivity contribution < 1.29 is 23.8 Å². The van der Waals surface area contributed by atoms with Gasteiger partial charge in [0.05, 0.1) is 18.8 Å². The molecule has 130 valence electrons. The van der Waals surface area contributed by atoms with Gasteiger partial charge in [-0.05, 0) is 25.5 Å². The zero-order chi connectivity index (χ0) is 17.3. The van der Waals surface area contributed by atoms with Crippen LogP contribution in [0.4, 0.5) is 0 Å². The lowest BCUT2D eigenvalue weighted by molar-refractivity contribution is -0.208. The van der Waals surface area contributed by atoms with Crippen molar-refractivity contribution in [1.82, 2.24) is 0 Å². The molecule has 5 nitrogen and oxygen atoms in total. The Kier molecular flexibility index (Phi) is 3.20. The number of Topliss-reactive ketones (excluding diaryl/α,β-unsaturated/α-hetero) is 1. The van der Waals surface area contributed by atoms with Gasteiger partial charge in [-0.3, -0.25) is 4.79 Å². The van der Waals surface area contributed by atoms with Gasteiger partial charge in [0.25, 0.3) is 0 Å². The molecule has 5 unspecified atom stereocenters. The SMILES string of the molecule is C/C=C/C(=O)OC1CC2OC3C=C(C)C(=O)CC3(C)C1(C)[C@@]21CO1. The molecule has 4 aliphatic rings. The third kappa shape index (κ3) is 1.72. The predicted octanol–water partition coefficient (Wildman–Crippen LogP) is 2.35. The maximum atomic E-state index is 12.5. The number of hydrogen-bond acceptors (Lipinski definition) is 5. The van der Waals surface area contributed by atoms with Crippen LogP contribution in [-0.4, -0.2) is 42.3 Å². The molecule has 0 aromatic heterocycles. The molecule has 0 N–H and O–H groups in total. The Morgan fingerprint density at radius 1 is 1.42 bits per heavy atom. The summed E-state index contributed by atoms with van der Waals surface area (Å²) in [6, 6.07) is 0. The summed E-state index contributed by atoms with van der Waals surface area (Å²) >= 11 is 0. The molecular formula is C19H24O5. The topological polar surface area (TPSA) is 65.1 Å². The van der Waals surface area contributed by atoms with Crippen molar-refractivity contribution in [1.29, 1.82) is 0 Å². The third-order valence-corrected chi connectivity index (χ3v) is 6.98. The van der Waals surface area contributed by atoms with Crippen molar-refractivity contribution in [2.45, 2.75) is 64.4 Å². The smallest absolute Gasteiger partial charge is 0.330 e. The van der Waals surface area contributed by atoms with Gasteiger partial charge in [-0.1, -0.05) is 19.9 Å². The maximum Gasteiger partial charge on any atom is 0.330 e. The largest absolute Gasteiger partial charge is 0.458 e. The first-order chi connectivity index (χ1) is 11.3. The molecule has 24 heavy (non-hydrogen) atoms. The number of allylic oxidation sites excluding steroid dienone is 2. The van der Waals surface area contributed by atoms with Crippen LogP contribution in [0, 0.1) is 10.8 Å². The first kappa shape index (κ1) is 16.0. The van der Waals surface area contributed by atoms with E-state index in [-0.39, 0.29) is 30.1 Å². The molecular weight excluding hydrogens is 308 g/mol. The standard InChI is InChI=1S/C19H24O5/c1-5-6-16(21)24-14-8-15-19(10-22-19)18(14,4)17(3)9-12(20)11(2)7-13(17)23-15/h5-7,13-15H,8-10H2,1-4H3/b6-5+/t13?,14?,15?,17?,18?,19-/m1/s1. The molecule has 2 aliphatic heterocycles. The van der Waals surface area contributed by atoms with E-state index in [4.69, 9.17) is 14.2 Å². The highest BCUT2D eigenvalue weighted by Crippen LogP contribution is 2.71. The number of rotatable bonds is 2. The molecule has 0 amide bonds. The van der Waals surface area contributed by atoms with E-state index in [1.54, 1.807) is 13.0 Å². The number of fused-ring (bicyclic) bond motifs is 2. The van der Waals surface area contributed by atoms with Crippen LogP contribution < -0.4 is 0 Å². The van der Waals surface area contributed by atoms with E-state index >= 15 is 0 Å². The molecule has 0 aromatic rings. The van der Waals surface area contributed by atoms with Crippen LogP contribution in [0.25, 0.3) is 0 Å². The summed E-state index contributed by atoms with van der Waals surface area (Å²) in [4.78, 5) is 24.5. The summed E-state index contributed by atoms with van der Waals surface area (Å²) in [5.41, 5.74) is -0.569. The van der Waals surface area contributed by atoms with E-state index in [2.05, 4.69) is 13.8 Å². The molecule has 2 aliphatic carbocycles. The van der Waals surface area contributed by atoms with Crippen LogP contribution in [0.5, 0.6) is 0 Å². The zero-order valence-corrected chi connectivity index (χ0v) is 14.6. The minimum absolute atomic E-state index is 0.0961. The van der Waals surface area contributed by atoms with Crippen LogP contribution in [0.2, 0.25) is 0 Å². The van der Waals surface area contributed by atoms with E-state index in [0.717, 1.165) is 5.57 Å². The molecule has 0 radical (unpaired) electrons. The highest BCUT2D eigenvalue weighted by molar-refractivity contribution is 5.96. The Hall–Kier alpha value is -1.46. The van der Waals surface area contributed by atoms with E-state index in [9.17, 15) is 9.59 Å². The quantitative estimate of drug-likeness (QED) is 0.441. The number of carbonyl (C=O) groups excluding carboxylic acids is 2. The van der Waals surface area contributed by atoms with Gasteiger partial charge in [0.15, 0.2) is 5.78 Å². The summed E-state index contributed by atoms with van der Waals surface area (Å²) < 4.78 is 18.1. The lowest BCUT2D eigenvalue weighted by Crippen LogP contribution is -2.64. The summed E-state index contributed by atoms with van der Waals surface area (Å²) in [6.07, 6.45) is 5.51. The molecule has 1 saturated carbocycles. The molecule has 4 rings (SSSR count). The van der Waals surface area contributed by atoms with E-state index in [1.807, 2.05) is 13.0 Å². The van der Waals surface area contributed by atoms with Gasteiger partial charge in [-0.15, -0.1) is 0 Å². The molecule has 1 spiro atoms. The highest BCUT2D eigenvalue weighted by atomic mass is 16.6. The fourth-order valence-corrected chi connectivity index (χ4v) is 5.21. The average Bonchev–Trinajstić information content (AvgIpc) is 3.27. The first-order valence-corrected chi connectivity index (χ1v) is 8.63.